The Bertz CT molecular complexity index is 291. The Labute approximate surface area is 103 Å². The van der Waals surface area contributed by atoms with Crippen LogP contribution >= 0.6 is 0 Å². The van der Waals surface area contributed by atoms with Crippen LogP contribution in [0.2, 0.25) is 0 Å². The molecule has 0 saturated carbocycles. The lowest BCUT2D eigenvalue weighted by molar-refractivity contribution is -0.139. The first-order valence-electron chi connectivity index (χ1n) is 6.13. The van der Waals surface area contributed by atoms with E-state index in [2.05, 4.69) is 12.2 Å². The zero-order chi connectivity index (χ0) is 13.0. The zero-order valence-electron chi connectivity index (χ0n) is 11.2. The van der Waals surface area contributed by atoms with Crippen LogP contribution < -0.4 is 5.32 Å². The minimum atomic E-state index is -0.126. The van der Waals surface area contributed by atoms with E-state index in [-0.39, 0.29) is 24.4 Å². The summed E-state index contributed by atoms with van der Waals surface area (Å²) in [5.41, 5.74) is 0. The number of carbonyl (C=O) groups excluding carboxylic acids is 2. The molecule has 1 aliphatic heterocycles. The molecule has 1 aliphatic rings. The third-order valence-corrected chi connectivity index (χ3v) is 3.16. The van der Waals surface area contributed by atoms with Crippen molar-refractivity contribution in [3.8, 4) is 0 Å². The molecule has 1 rings (SSSR count). The first kappa shape index (κ1) is 14.0. The van der Waals surface area contributed by atoms with Gasteiger partial charge in [-0.15, -0.1) is 0 Å². The number of likely N-dealkylation sites (N-methyl/N-ethyl adjacent to an activating group) is 2. The molecule has 2 amide bonds. The molecular formula is C12H23N3O2. The molecule has 1 heterocycles. The van der Waals surface area contributed by atoms with Crippen molar-refractivity contribution in [1.29, 1.82) is 0 Å². The molecule has 5 heteroatoms. The molecular weight excluding hydrogens is 218 g/mol. The minimum Gasteiger partial charge on any atom is -0.347 e. The van der Waals surface area contributed by atoms with E-state index < -0.39 is 0 Å². The average molecular weight is 241 g/mol. The molecule has 0 spiro atoms. The lowest BCUT2D eigenvalue weighted by atomic mass is 9.99. The fourth-order valence-electron chi connectivity index (χ4n) is 2.02. The van der Waals surface area contributed by atoms with E-state index in [1.54, 1.807) is 21.1 Å². The van der Waals surface area contributed by atoms with E-state index in [0.29, 0.717) is 6.04 Å². The van der Waals surface area contributed by atoms with Gasteiger partial charge in [0.15, 0.2) is 0 Å². The van der Waals surface area contributed by atoms with Crippen molar-refractivity contribution in [1.82, 2.24) is 15.1 Å². The van der Waals surface area contributed by atoms with Gasteiger partial charge in [0.05, 0.1) is 12.6 Å². The third-order valence-electron chi connectivity index (χ3n) is 3.16. The Hall–Kier alpha value is -1.10. The quantitative estimate of drug-likeness (QED) is 0.760. The summed E-state index contributed by atoms with van der Waals surface area (Å²) in [4.78, 5) is 26.6. The van der Waals surface area contributed by atoms with Crippen molar-refractivity contribution in [2.45, 2.75) is 38.3 Å². The Balaban J connectivity index is 2.48. The largest absolute Gasteiger partial charge is 0.347 e. The lowest BCUT2D eigenvalue weighted by Gasteiger charge is -2.31. The van der Waals surface area contributed by atoms with Crippen molar-refractivity contribution >= 4 is 11.8 Å². The second-order valence-electron chi connectivity index (χ2n) is 5.03. The maximum atomic E-state index is 12.1. The summed E-state index contributed by atoms with van der Waals surface area (Å²) in [7, 11) is 5.08. The van der Waals surface area contributed by atoms with Gasteiger partial charge in [0.2, 0.25) is 11.8 Å². The number of hydrogen-bond acceptors (Lipinski definition) is 3. The normalized spacial score (nSPS) is 24.2. The van der Waals surface area contributed by atoms with E-state index in [9.17, 15) is 9.59 Å². The van der Waals surface area contributed by atoms with E-state index in [4.69, 9.17) is 0 Å². The SMILES string of the molecule is CC1CCCC(C(=O)N(C)CC(=O)N(C)C)N1. The standard InChI is InChI=1S/C12H23N3O2/c1-9-6-5-7-10(13-9)12(17)15(4)8-11(16)14(2)3/h9-10,13H,5-8H2,1-4H3. The molecule has 5 nitrogen and oxygen atoms in total. The van der Waals surface area contributed by atoms with Crippen molar-refractivity contribution in [2.75, 3.05) is 27.7 Å². The number of carbonyl (C=O) groups is 2. The van der Waals surface area contributed by atoms with Gasteiger partial charge in [0, 0.05) is 27.2 Å². The summed E-state index contributed by atoms with van der Waals surface area (Å²) in [6.07, 6.45) is 3.05. The molecule has 2 atom stereocenters. The Morgan fingerprint density at radius 3 is 2.41 bits per heavy atom. The maximum absolute atomic E-state index is 12.1. The summed E-state index contributed by atoms with van der Waals surface area (Å²) in [5.74, 6) is -0.0311. The van der Waals surface area contributed by atoms with Crippen molar-refractivity contribution < 1.29 is 9.59 Å². The first-order valence-corrected chi connectivity index (χ1v) is 6.13. The molecule has 17 heavy (non-hydrogen) atoms. The molecule has 0 bridgehead atoms. The van der Waals surface area contributed by atoms with E-state index in [1.165, 1.54) is 9.80 Å². The van der Waals surface area contributed by atoms with E-state index >= 15 is 0 Å². The van der Waals surface area contributed by atoms with Crippen LogP contribution in [0.1, 0.15) is 26.2 Å². The highest BCUT2D eigenvalue weighted by atomic mass is 16.2. The monoisotopic (exact) mass is 241 g/mol. The van der Waals surface area contributed by atoms with Crippen LogP contribution in [0, 0.1) is 0 Å². The Kier molecular flexibility index (Phi) is 4.93. The predicted molar refractivity (Wildman–Crippen MR) is 66.6 cm³/mol. The summed E-state index contributed by atoms with van der Waals surface area (Å²) in [5, 5.41) is 3.28. The van der Waals surface area contributed by atoms with Crippen LogP contribution in [0.4, 0.5) is 0 Å². The van der Waals surface area contributed by atoms with Gasteiger partial charge in [0.25, 0.3) is 0 Å². The van der Waals surface area contributed by atoms with Gasteiger partial charge in [-0.1, -0.05) is 0 Å². The van der Waals surface area contributed by atoms with Crippen LogP contribution in [0.25, 0.3) is 0 Å². The number of amides is 2. The van der Waals surface area contributed by atoms with Gasteiger partial charge < -0.3 is 15.1 Å². The third kappa shape index (κ3) is 4.00. The zero-order valence-corrected chi connectivity index (χ0v) is 11.2. The van der Waals surface area contributed by atoms with Gasteiger partial charge in [-0.2, -0.15) is 0 Å². The average Bonchev–Trinajstić information content (AvgIpc) is 2.27. The number of nitrogens with one attached hydrogen (secondary N) is 1. The smallest absolute Gasteiger partial charge is 0.241 e. The van der Waals surface area contributed by atoms with Gasteiger partial charge in [-0.05, 0) is 26.2 Å². The highest BCUT2D eigenvalue weighted by Gasteiger charge is 2.27. The second-order valence-corrected chi connectivity index (χ2v) is 5.03. The molecule has 0 aromatic carbocycles. The van der Waals surface area contributed by atoms with Crippen LogP contribution in [0.3, 0.4) is 0 Å². The van der Waals surface area contributed by atoms with Gasteiger partial charge in [-0.3, -0.25) is 9.59 Å². The number of rotatable bonds is 3. The summed E-state index contributed by atoms with van der Waals surface area (Å²) >= 11 is 0. The fourth-order valence-corrected chi connectivity index (χ4v) is 2.02. The molecule has 0 aromatic heterocycles. The first-order chi connectivity index (χ1) is 7.91. The molecule has 0 aliphatic carbocycles. The van der Waals surface area contributed by atoms with Crippen molar-refractivity contribution in [3.05, 3.63) is 0 Å². The Morgan fingerprint density at radius 2 is 1.88 bits per heavy atom. The van der Waals surface area contributed by atoms with Crippen LogP contribution in [-0.2, 0) is 9.59 Å². The highest BCUT2D eigenvalue weighted by molar-refractivity contribution is 5.87. The summed E-state index contributed by atoms with van der Waals surface area (Å²) in [6.45, 7) is 2.24. The van der Waals surface area contributed by atoms with E-state index in [0.717, 1.165) is 19.3 Å². The summed E-state index contributed by atoms with van der Waals surface area (Å²) in [6, 6.07) is 0.259. The Morgan fingerprint density at radius 1 is 1.24 bits per heavy atom. The predicted octanol–water partition coefficient (Wildman–Crippen LogP) is 0.0636. The molecule has 1 N–H and O–H groups in total. The molecule has 1 saturated heterocycles. The maximum Gasteiger partial charge on any atom is 0.241 e. The number of piperidine rings is 1. The minimum absolute atomic E-state index is 0.0201. The van der Waals surface area contributed by atoms with Gasteiger partial charge in [-0.25, -0.2) is 0 Å². The second kappa shape index (κ2) is 6.00. The summed E-state index contributed by atoms with van der Waals surface area (Å²) < 4.78 is 0. The van der Waals surface area contributed by atoms with E-state index in [1.807, 2.05) is 0 Å². The molecule has 2 unspecified atom stereocenters. The molecule has 98 valence electrons. The molecule has 1 fully saturated rings. The van der Waals surface area contributed by atoms with Crippen LogP contribution in [0.15, 0.2) is 0 Å². The highest BCUT2D eigenvalue weighted by Crippen LogP contribution is 2.13. The number of hydrogen-bond donors (Lipinski definition) is 1. The fraction of sp³-hybridized carbons (Fsp3) is 0.833. The number of nitrogens with zero attached hydrogens (tertiary/aromatic N) is 2. The van der Waals surface area contributed by atoms with Gasteiger partial charge >= 0.3 is 0 Å². The molecule has 0 aromatic rings. The van der Waals surface area contributed by atoms with Crippen LogP contribution in [-0.4, -0.2) is 61.4 Å². The lowest BCUT2D eigenvalue weighted by Crippen LogP contribution is -2.52. The van der Waals surface area contributed by atoms with Crippen molar-refractivity contribution in [3.63, 3.8) is 0 Å². The van der Waals surface area contributed by atoms with Crippen LogP contribution in [0.5, 0.6) is 0 Å². The van der Waals surface area contributed by atoms with Gasteiger partial charge in [0.1, 0.15) is 0 Å². The van der Waals surface area contributed by atoms with Crippen molar-refractivity contribution in [2.24, 2.45) is 0 Å². The molecule has 0 radical (unpaired) electrons. The topological polar surface area (TPSA) is 52.7 Å².